The molecule has 0 saturated heterocycles. The third-order valence-electron chi connectivity index (χ3n) is 9.68. The van der Waals surface area contributed by atoms with Crippen LogP contribution in [-0.2, 0) is 0 Å². The fourth-order valence-corrected chi connectivity index (χ4v) is 8.75. The van der Waals surface area contributed by atoms with Crippen LogP contribution in [0.3, 0.4) is 0 Å². The largest absolute Gasteiger partial charge is 0.307 e. The Labute approximate surface area is 303 Å². The summed E-state index contributed by atoms with van der Waals surface area (Å²) < 4.78 is 49.8. The Morgan fingerprint density at radius 1 is 0.471 bits per heavy atom. The van der Waals surface area contributed by atoms with Crippen LogP contribution in [0.2, 0.25) is 0 Å². The fraction of sp³-hybridized carbons (Fsp3) is 0. The summed E-state index contributed by atoms with van der Waals surface area (Å²) in [5.74, 6) is 0.580. The number of benzene rings is 7. The number of thiophene rings is 1. The maximum Gasteiger partial charge on any atom is 0.238 e. The van der Waals surface area contributed by atoms with Gasteiger partial charge in [0.15, 0.2) is 11.6 Å². The normalized spacial score (nSPS) is 13.3. The number of para-hydroxylation sites is 3. The van der Waals surface area contributed by atoms with E-state index in [1.54, 1.807) is 11.3 Å². The summed E-state index contributed by atoms with van der Waals surface area (Å²) >= 11 is 1.64. The number of aromatic nitrogens is 5. The Balaban J connectivity index is 1.32. The molecule has 6 heteroatoms. The van der Waals surface area contributed by atoms with Gasteiger partial charge in [0.05, 0.1) is 28.9 Å². The smallest absolute Gasteiger partial charge is 0.238 e. The van der Waals surface area contributed by atoms with E-state index in [-0.39, 0.29) is 29.4 Å². The number of fused-ring (bicyclic) bond motifs is 10. The first-order valence-electron chi connectivity index (χ1n) is 19.1. The molecule has 0 bridgehead atoms. The molecule has 0 atom stereocenters. The molecule has 0 aliphatic rings. The number of rotatable bonds is 4. The lowest BCUT2D eigenvalue weighted by molar-refractivity contribution is 0.954. The molecule has 4 heterocycles. The molecular formula is C45H27N5S. The lowest BCUT2D eigenvalue weighted by Gasteiger charge is -2.13. The van der Waals surface area contributed by atoms with Gasteiger partial charge < -0.3 is 4.57 Å². The molecule has 0 spiro atoms. The van der Waals surface area contributed by atoms with Crippen LogP contribution in [0.5, 0.6) is 0 Å². The predicted molar refractivity (Wildman–Crippen MR) is 212 cm³/mol. The lowest BCUT2D eigenvalue weighted by atomic mass is 10.1. The molecule has 0 aliphatic carbocycles. The minimum absolute atomic E-state index is 0.0122. The highest BCUT2D eigenvalue weighted by atomic mass is 32.1. The van der Waals surface area contributed by atoms with Gasteiger partial charge in [-0.05, 0) is 36.4 Å². The van der Waals surface area contributed by atoms with Crippen LogP contribution in [-0.4, -0.2) is 24.1 Å². The van der Waals surface area contributed by atoms with E-state index in [1.807, 2.05) is 71.3 Å². The minimum atomic E-state index is -0.480. The Bertz CT molecular complexity index is 3410. The van der Waals surface area contributed by atoms with Crippen LogP contribution in [0, 0.1) is 0 Å². The van der Waals surface area contributed by atoms with Crippen LogP contribution in [0.25, 0.3) is 98.2 Å². The molecule has 0 amide bonds. The highest BCUT2D eigenvalue weighted by Crippen LogP contribution is 2.43. The second kappa shape index (κ2) is 10.9. The van der Waals surface area contributed by atoms with E-state index in [0.717, 1.165) is 75.0 Å². The standard InChI is InChI=1S/C45H27N5S/c1-3-14-28(15-4-1)43-46-44(36-22-13-21-35-32-20-9-12-25-39(32)51-42(35)36)48-45(47-43)50-38-24-11-8-19-31(38)34-27-26-33-30-18-7-10-23-37(30)49(40(33)41(34)50)29-16-5-2-6-17-29/h1-27H/i1D,3D,4D,14D,15D. The van der Waals surface area contributed by atoms with Crippen molar-refractivity contribution in [2.45, 2.75) is 0 Å². The Morgan fingerprint density at radius 2 is 1.08 bits per heavy atom. The van der Waals surface area contributed by atoms with Crippen LogP contribution in [0.4, 0.5) is 0 Å². The maximum absolute atomic E-state index is 8.97. The molecule has 0 radical (unpaired) electrons. The zero-order valence-corrected chi connectivity index (χ0v) is 27.7. The van der Waals surface area contributed by atoms with Crippen molar-refractivity contribution in [1.29, 1.82) is 0 Å². The lowest BCUT2D eigenvalue weighted by Crippen LogP contribution is -2.07. The first-order valence-corrected chi connectivity index (χ1v) is 17.5. The van der Waals surface area contributed by atoms with Crippen molar-refractivity contribution in [2.24, 2.45) is 0 Å². The first-order chi connectivity index (χ1) is 27.4. The third kappa shape index (κ3) is 4.17. The summed E-state index contributed by atoms with van der Waals surface area (Å²) in [5.41, 5.74) is 5.39. The van der Waals surface area contributed by atoms with Crippen molar-refractivity contribution in [3.8, 4) is 34.4 Å². The highest BCUT2D eigenvalue weighted by molar-refractivity contribution is 7.26. The fourth-order valence-electron chi connectivity index (χ4n) is 7.54. The summed E-state index contributed by atoms with van der Waals surface area (Å²) in [6.07, 6.45) is 0. The van der Waals surface area contributed by atoms with E-state index in [1.165, 1.54) is 0 Å². The molecule has 0 fully saturated rings. The summed E-state index contributed by atoms with van der Waals surface area (Å²) in [7, 11) is 0. The topological polar surface area (TPSA) is 48.5 Å². The molecule has 0 aliphatic heterocycles. The third-order valence-corrected chi connectivity index (χ3v) is 10.9. The average Bonchev–Trinajstić information content (AvgIpc) is 3.90. The van der Waals surface area contributed by atoms with E-state index in [2.05, 4.69) is 71.3 Å². The Kier molecular flexibility index (Phi) is 5.08. The monoisotopic (exact) mass is 674 g/mol. The molecule has 238 valence electrons. The van der Waals surface area contributed by atoms with E-state index in [0.29, 0.717) is 5.82 Å². The zero-order valence-electron chi connectivity index (χ0n) is 31.8. The maximum atomic E-state index is 8.97. The predicted octanol–water partition coefficient (Wildman–Crippen LogP) is 11.8. The van der Waals surface area contributed by atoms with Crippen molar-refractivity contribution in [3.05, 3.63) is 164 Å². The molecular weight excluding hydrogens is 643 g/mol. The van der Waals surface area contributed by atoms with Gasteiger partial charge in [-0.3, -0.25) is 4.57 Å². The van der Waals surface area contributed by atoms with E-state index in [4.69, 9.17) is 21.8 Å². The summed E-state index contributed by atoms with van der Waals surface area (Å²) in [4.78, 5) is 15.3. The molecule has 4 aromatic heterocycles. The average molecular weight is 675 g/mol. The molecule has 11 aromatic rings. The molecule has 51 heavy (non-hydrogen) atoms. The molecule has 0 saturated carbocycles. The van der Waals surface area contributed by atoms with Crippen molar-refractivity contribution >= 4 is 75.1 Å². The second-order valence-electron chi connectivity index (χ2n) is 12.5. The molecule has 5 nitrogen and oxygen atoms in total. The van der Waals surface area contributed by atoms with Crippen molar-refractivity contribution in [3.63, 3.8) is 0 Å². The Hall–Kier alpha value is -6.63. The first kappa shape index (κ1) is 23.7. The number of hydrogen-bond acceptors (Lipinski definition) is 4. The van der Waals surface area contributed by atoms with E-state index >= 15 is 0 Å². The second-order valence-corrected chi connectivity index (χ2v) is 13.5. The van der Waals surface area contributed by atoms with Crippen LogP contribution in [0.1, 0.15) is 6.85 Å². The molecule has 11 rings (SSSR count). The van der Waals surface area contributed by atoms with Gasteiger partial charge in [0.2, 0.25) is 5.95 Å². The molecule has 0 unspecified atom stereocenters. The molecule has 0 N–H and O–H groups in total. The van der Waals surface area contributed by atoms with E-state index < -0.39 is 18.1 Å². The number of nitrogens with zero attached hydrogens (tertiary/aromatic N) is 5. The van der Waals surface area contributed by atoms with Gasteiger partial charge >= 0.3 is 0 Å². The van der Waals surface area contributed by atoms with Gasteiger partial charge in [-0.15, -0.1) is 11.3 Å². The van der Waals surface area contributed by atoms with Gasteiger partial charge in [0.1, 0.15) is 0 Å². The van der Waals surface area contributed by atoms with Gasteiger partial charge in [0.25, 0.3) is 0 Å². The van der Waals surface area contributed by atoms with Crippen LogP contribution < -0.4 is 0 Å². The van der Waals surface area contributed by atoms with Gasteiger partial charge in [-0.25, -0.2) is 4.98 Å². The minimum Gasteiger partial charge on any atom is -0.307 e. The SMILES string of the molecule is [2H]c1c([2H])c([2H])c(-c2nc(-c3cccc4c3sc3ccccc34)nc(-n3c4ccccc4c4ccc5c6ccccc6n(-c6ccccc6)c5c43)n2)c([2H])c1[2H]. The summed E-state index contributed by atoms with van der Waals surface area (Å²) in [5, 5.41) is 6.31. The van der Waals surface area contributed by atoms with E-state index in [9.17, 15) is 0 Å². The van der Waals surface area contributed by atoms with Crippen molar-refractivity contribution in [2.75, 3.05) is 0 Å². The van der Waals surface area contributed by atoms with Gasteiger partial charge in [0, 0.05) is 58.5 Å². The molecule has 7 aromatic carbocycles. The quantitative estimate of drug-likeness (QED) is 0.187. The summed E-state index contributed by atoms with van der Waals surface area (Å²) in [6, 6.07) is 43.2. The van der Waals surface area contributed by atoms with Gasteiger partial charge in [-0.2, -0.15) is 9.97 Å². The summed E-state index contributed by atoms with van der Waals surface area (Å²) in [6.45, 7) is 0. The van der Waals surface area contributed by atoms with Crippen LogP contribution in [0.15, 0.2) is 164 Å². The van der Waals surface area contributed by atoms with Crippen molar-refractivity contribution < 1.29 is 6.85 Å². The van der Waals surface area contributed by atoms with Crippen molar-refractivity contribution in [1.82, 2.24) is 24.1 Å². The number of hydrogen-bond donors (Lipinski definition) is 0. The van der Waals surface area contributed by atoms with Gasteiger partial charge in [-0.1, -0.05) is 127 Å². The zero-order chi connectivity index (χ0) is 37.8. The Morgan fingerprint density at radius 3 is 1.84 bits per heavy atom. The highest BCUT2D eigenvalue weighted by Gasteiger charge is 2.24. The van der Waals surface area contributed by atoms with Crippen LogP contribution >= 0.6 is 11.3 Å².